The standard InChI is InChI=1S/C18H19NO3/c1-12-17(13-4-8-15(21-2)9-5-13)19(18(12)20)14-6-10-16(22-3)11-7-14/h4-12,17H,1-3H3/t12-,17+/m1/s1. The van der Waals surface area contributed by atoms with Crippen molar-refractivity contribution in [3.05, 3.63) is 54.1 Å². The number of β-lactam (4-membered cyclic amide) rings is 1. The average molecular weight is 297 g/mol. The summed E-state index contributed by atoms with van der Waals surface area (Å²) >= 11 is 0. The number of hydrogen-bond donors (Lipinski definition) is 0. The lowest BCUT2D eigenvalue weighted by Crippen LogP contribution is -2.54. The van der Waals surface area contributed by atoms with Gasteiger partial charge in [0, 0.05) is 5.69 Å². The molecule has 114 valence electrons. The first-order valence-electron chi connectivity index (χ1n) is 7.27. The molecule has 1 aliphatic heterocycles. The molecule has 1 saturated heterocycles. The highest BCUT2D eigenvalue weighted by Gasteiger charge is 2.45. The van der Waals surface area contributed by atoms with Crippen molar-refractivity contribution in [2.24, 2.45) is 5.92 Å². The number of carbonyl (C=O) groups excluding carboxylic acids is 1. The van der Waals surface area contributed by atoms with E-state index >= 15 is 0 Å². The van der Waals surface area contributed by atoms with Crippen LogP contribution in [0.15, 0.2) is 48.5 Å². The molecule has 0 aromatic heterocycles. The number of hydrogen-bond acceptors (Lipinski definition) is 3. The molecule has 1 amide bonds. The van der Waals surface area contributed by atoms with E-state index in [1.165, 1.54) is 0 Å². The van der Waals surface area contributed by atoms with Crippen molar-refractivity contribution in [2.45, 2.75) is 13.0 Å². The van der Waals surface area contributed by atoms with Gasteiger partial charge >= 0.3 is 0 Å². The lowest BCUT2D eigenvalue weighted by molar-refractivity contribution is -0.129. The minimum atomic E-state index is -0.0181. The first kappa shape index (κ1) is 14.4. The fourth-order valence-electron chi connectivity index (χ4n) is 2.90. The number of benzene rings is 2. The van der Waals surface area contributed by atoms with E-state index in [1.54, 1.807) is 14.2 Å². The van der Waals surface area contributed by atoms with Gasteiger partial charge in [0.25, 0.3) is 0 Å². The SMILES string of the molecule is COc1ccc([C@@H]2[C@@H](C)C(=O)N2c2ccc(OC)cc2)cc1. The zero-order chi connectivity index (χ0) is 15.7. The van der Waals surface area contributed by atoms with Crippen molar-refractivity contribution in [3.8, 4) is 11.5 Å². The second-order valence-corrected chi connectivity index (χ2v) is 5.41. The molecule has 4 heteroatoms. The van der Waals surface area contributed by atoms with E-state index in [9.17, 15) is 4.79 Å². The van der Waals surface area contributed by atoms with Gasteiger partial charge in [0.2, 0.25) is 5.91 Å². The lowest BCUT2D eigenvalue weighted by atomic mass is 9.83. The predicted molar refractivity (Wildman–Crippen MR) is 85.4 cm³/mol. The maximum absolute atomic E-state index is 12.3. The molecule has 0 N–H and O–H groups in total. The summed E-state index contributed by atoms with van der Waals surface area (Å²) < 4.78 is 10.4. The average Bonchev–Trinajstić information content (AvgIpc) is 2.59. The molecule has 0 unspecified atom stereocenters. The molecule has 1 fully saturated rings. The van der Waals surface area contributed by atoms with E-state index in [-0.39, 0.29) is 17.9 Å². The molecule has 0 bridgehead atoms. The van der Waals surface area contributed by atoms with Crippen LogP contribution < -0.4 is 14.4 Å². The second-order valence-electron chi connectivity index (χ2n) is 5.41. The Morgan fingerprint density at radius 1 is 0.864 bits per heavy atom. The molecule has 2 aromatic rings. The molecule has 3 rings (SSSR count). The minimum absolute atomic E-state index is 0.0181. The first-order valence-corrected chi connectivity index (χ1v) is 7.27. The smallest absolute Gasteiger partial charge is 0.232 e. The number of anilines is 1. The molecule has 2 atom stereocenters. The van der Waals surface area contributed by atoms with E-state index in [4.69, 9.17) is 9.47 Å². The molecule has 0 radical (unpaired) electrons. The summed E-state index contributed by atoms with van der Waals surface area (Å²) in [6.45, 7) is 1.97. The minimum Gasteiger partial charge on any atom is -0.497 e. The number of ether oxygens (including phenoxy) is 2. The fraction of sp³-hybridized carbons (Fsp3) is 0.278. The molecule has 0 saturated carbocycles. The van der Waals surface area contributed by atoms with Crippen LogP contribution in [-0.4, -0.2) is 20.1 Å². The maximum Gasteiger partial charge on any atom is 0.232 e. The van der Waals surface area contributed by atoms with Crippen LogP contribution in [0.25, 0.3) is 0 Å². The van der Waals surface area contributed by atoms with Gasteiger partial charge in [-0.25, -0.2) is 0 Å². The van der Waals surface area contributed by atoms with Crippen LogP contribution in [0.1, 0.15) is 18.5 Å². The van der Waals surface area contributed by atoms with E-state index in [1.807, 2.05) is 60.4 Å². The van der Waals surface area contributed by atoms with Gasteiger partial charge < -0.3 is 14.4 Å². The van der Waals surface area contributed by atoms with Crippen LogP contribution in [-0.2, 0) is 4.79 Å². The molecule has 4 nitrogen and oxygen atoms in total. The Bertz CT molecular complexity index is 664. The van der Waals surface area contributed by atoms with Crippen LogP contribution in [0, 0.1) is 5.92 Å². The Morgan fingerprint density at radius 3 is 1.86 bits per heavy atom. The topological polar surface area (TPSA) is 38.8 Å². The lowest BCUT2D eigenvalue weighted by Gasteiger charge is -2.46. The summed E-state index contributed by atoms with van der Waals surface area (Å²) in [6, 6.07) is 15.5. The highest BCUT2D eigenvalue weighted by molar-refractivity contribution is 6.03. The Hall–Kier alpha value is -2.49. The number of nitrogens with zero attached hydrogens (tertiary/aromatic N) is 1. The summed E-state index contributed by atoms with van der Waals surface area (Å²) in [5.74, 6) is 1.73. The van der Waals surface area contributed by atoms with Gasteiger partial charge in [-0.1, -0.05) is 19.1 Å². The highest BCUT2D eigenvalue weighted by Crippen LogP contribution is 2.43. The second kappa shape index (κ2) is 5.72. The van der Waals surface area contributed by atoms with Crippen molar-refractivity contribution >= 4 is 11.6 Å². The van der Waals surface area contributed by atoms with Gasteiger partial charge in [0.05, 0.1) is 26.2 Å². The Kier molecular flexibility index (Phi) is 3.75. The van der Waals surface area contributed by atoms with E-state index in [2.05, 4.69) is 0 Å². The van der Waals surface area contributed by atoms with Crippen LogP contribution in [0.4, 0.5) is 5.69 Å². The fourth-order valence-corrected chi connectivity index (χ4v) is 2.90. The van der Waals surface area contributed by atoms with E-state index in [0.717, 1.165) is 22.7 Å². The van der Waals surface area contributed by atoms with Crippen LogP contribution in [0.3, 0.4) is 0 Å². The third-order valence-electron chi connectivity index (χ3n) is 4.19. The van der Waals surface area contributed by atoms with Crippen LogP contribution >= 0.6 is 0 Å². The van der Waals surface area contributed by atoms with Gasteiger partial charge in [-0.05, 0) is 42.0 Å². The summed E-state index contributed by atoms with van der Waals surface area (Å²) in [6.07, 6.45) is 0. The highest BCUT2D eigenvalue weighted by atomic mass is 16.5. The number of carbonyl (C=O) groups is 1. The van der Waals surface area contributed by atoms with Crippen molar-refractivity contribution in [1.82, 2.24) is 0 Å². The third kappa shape index (κ3) is 2.30. The van der Waals surface area contributed by atoms with Crippen molar-refractivity contribution in [2.75, 3.05) is 19.1 Å². The zero-order valence-electron chi connectivity index (χ0n) is 12.9. The molecule has 22 heavy (non-hydrogen) atoms. The molecular weight excluding hydrogens is 278 g/mol. The monoisotopic (exact) mass is 297 g/mol. The van der Waals surface area contributed by atoms with Crippen LogP contribution in [0.2, 0.25) is 0 Å². The number of amides is 1. The van der Waals surface area contributed by atoms with Crippen molar-refractivity contribution < 1.29 is 14.3 Å². The summed E-state index contributed by atoms with van der Waals surface area (Å²) in [5, 5.41) is 0. The van der Waals surface area contributed by atoms with Crippen molar-refractivity contribution in [3.63, 3.8) is 0 Å². The van der Waals surface area contributed by atoms with Gasteiger partial charge in [0.1, 0.15) is 11.5 Å². The quantitative estimate of drug-likeness (QED) is 0.812. The Balaban J connectivity index is 1.89. The molecule has 2 aromatic carbocycles. The first-order chi connectivity index (χ1) is 10.7. The largest absolute Gasteiger partial charge is 0.497 e. The third-order valence-corrected chi connectivity index (χ3v) is 4.19. The molecular formula is C18H19NO3. The Labute approximate surface area is 130 Å². The summed E-state index contributed by atoms with van der Waals surface area (Å²) in [5.41, 5.74) is 2.01. The number of rotatable bonds is 4. The van der Waals surface area contributed by atoms with Crippen molar-refractivity contribution in [1.29, 1.82) is 0 Å². The van der Waals surface area contributed by atoms with Crippen LogP contribution in [0.5, 0.6) is 11.5 Å². The molecule has 1 aliphatic rings. The summed E-state index contributed by atoms with van der Waals surface area (Å²) in [7, 11) is 3.28. The van der Waals surface area contributed by atoms with Gasteiger partial charge in [-0.2, -0.15) is 0 Å². The van der Waals surface area contributed by atoms with E-state index < -0.39 is 0 Å². The Morgan fingerprint density at radius 2 is 1.36 bits per heavy atom. The summed E-state index contributed by atoms with van der Waals surface area (Å²) in [4.78, 5) is 14.1. The molecule has 1 heterocycles. The predicted octanol–water partition coefficient (Wildman–Crippen LogP) is 3.43. The maximum atomic E-state index is 12.3. The molecule has 0 spiro atoms. The van der Waals surface area contributed by atoms with Gasteiger partial charge in [-0.15, -0.1) is 0 Å². The normalized spacial score (nSPS) is 20.5. The molecule has 0 aliphatic carbocycles. The zero-order valence-corrected chi connectivity index (χ0v) is 12.9. The van der Waals surface area contributed by atoms with E-state index in [0.29, 0.717) is 0 Å². The van der Waals surface area contributed by atoms with Gasteiger partial charge in [-0.3, -0.25) is 4.79 Å². The van der Waals surface area contributed by atoms with Gasteiger partial charge in [0.15, 0.2) is 0 Å². The number of methoxy groups -OCH3 is 2.